The molecular formula is C20H15N3O5. The van der Waals surface area contributed by atoms with Crippen molar-refractivity contribution in [2.24, 2.45) is 0 Å². The first kappa shape index (κ1) is 17.6. The van der Waals surface area contributed by atoms with Crippen LogP contribution >= 0.6 is 0 Å². The van der Waals surface area contributed by atoms with Crippen LogP contribution in [0.2, 0.25) is 0 Å². The molecule has 28 heavy (non-hydrogen) atoms. The number of carbonyl (C=O) groups excluding carboxylic acids is 3. The molecule has 4 rings (SSSR count). The highest BCUT2D eigenvalue weighted by Crippen LogP contribution is 2.22. The van der Waals surface area contributed by atoms with Gasteiger partial charge in [-0.15, -0.1) is 0 Å². The number of aryl methyl sites for hydroxylation is 1. The van der Waals surface area contributed by atoms with Gasteiger partial charge in [-0.2, -0.15) is 0 Å². The molecule has 0 aliphatic carbocycles. The molecule has 0 spiro atoms. The number of benzene rings is 2. The first-order valence-corrected chi connectivity index (χ1v) is 8.63. The van der Waals surface area contributed by atoms with Crippen LogP contribution in [0.1, 0.15) is 33.0 Å². The molecule has 0 bridgehead atoms. The molecular weight excluding hydrogens is 362 g/mol. The van der Waals surface area contributed by atoms with Crippen LogP contribution in [0.3, 0.4) is 0 Å². The van der Waals surface area contributed by atoms with Gasteiger partial charge in [0, 0.05) is 6.42 Å². The highest BCUT2D eigenvalue weighted by atomic mass is 16.5. The summed E-state index contributed by atoms with van der Waals surface area (Å²) in [4.78, 5) is 56.3. The molecule has 2 heterocycles. The second-order valence-corrected chi connectivity index (χ2v) is 6.26. The highest BCUT2D eigenvalue weighted by molar-refractivity contribution is 6.21. The first-order valence-electron chi connectivity index (χ1n) is 8.63. The lowest BCUT2D eigenvalue weighted by molar-refractivity contribution is -0.146. The summed E-state index contributed by atoms with van der Waals surface area (Å²) in [6, 6.07) is 13.3. The Kier molecular flexibility index (Phi) is 4.44. The molecule has 3 aromatic rings. The van der Waals surface area contributed by atoms with Gasteiger partial charge in [-0.05, 0) is 24.3 Å². The van der Waals surface area contributed by atoms with Gasteiger partial charge in [0.05, 0.1) is 28.5 Å². The number of imide groups is 1. The summed E-state index contributed by atoms with van der Waals surface area (Å²) in [7, 11) is 0. The van der Waals surface area contributed by atoms with Crippen LogP contribution in [0, 0.1) is 0 Å². The Morgan fingerprint density at radius 3 is 2.32 bits per heavy atom. The van der Waals surface area contributed by atoms with Gasteiger partial charge in [0.25, 0.3) is 17.4 Å². The van der Waals surface area contributed by atoms with Gasteiger partial charge in [0.15, 0.2) is 6.73 Å². The monoisotopic (exact) mass is 377 g/mol. The van der Waals surface area contributed by atoms with E-state index in [0.29, 0.717) is 27.9 Å². The number of para-hydroxylation sites is 1. The van der Waals surface area contributed by atoms with E-state index in [4.69, 9.17) is 4.74 Å². The van der Waals surface area contributed by atoms with Gasteiger partial charge in [-0.1, -0.05) is 24.3 Å². The summed E-state index contributed by atoms with van der Waals surface area (Å²) in [6.07, 6.45) is 0.117. The molecule has 0 fully saturated rings. The zero-order chi connectivity index (χ0) is 19.7. The third kappa shape index (κ3) is 3.16. The number of amides is 2. The molecule has 8 heteroatoms. The number of aromatic nitrogens is 2. The molecule has 0 unspecified atom stereocenters. The second kappa shape index (κ2) is 7.07. The van der Waals surface area contributed by atoms with Crippen molar-refractivity contribution >= 4 is 28.7 Å². The fraction of sp³-hybridized carbons (Fsp3) is 0.150. The van der Waals surface area contributed by atoms with E-state index >= 15 is 0 Å². The Labute approximate surface area is 158 Å². The van der Waals surface area contributed by atoms with Gasteiger partial charge in [-0.25, -0.2) is 9.88 Å². The van der Waals surface area contributed by atoms with Crippen molar-refractivity contribution in [1.82, 2.24) is 14.9 Å². The fourth-order valence-corrected chi connectivity index (χ4v) is 3.04. The van der Waals surface area contributed by atoms with Crippen LogP contribution in [0.15, 0.2) is 53.3 Å². The number of H-pyrrole nitrogens is 1. The van der Waals surface area contributed by atoms with Gasteiger partial charge in [0.2, 0.25) is 0 Å². The van der Waals surface area contributed by atoms with E-state index < -0.39 is 24.5 Å². The van der Waals surface area contributed by atoms with Crippen molar-refractivity contribution in [1.29, 1.82) is 0 Å². The minimum absolute atomic E-state index is 0.0511. The molecule has 1 aliphatic heterocycles. The molecule has 2 amide bonds. The van der Waals surface area contributed by atoms with Crippen molar-refractivity contribution in [2.45, 2.75) is 12.8 Å². The van der Waals surface area contributed by atoms with E-state index in [-0.39, 0.29) is 18.4 Å². The topological polar surface area (TPSA) is 109 Å². The number of rotatable bonds is 5. The average Bonchev–Trinajstić information content (AvgIpc) is 2.95. The minimum atomic E-state index is -0.604. The van der Waals surface area contributed by atoms with E-state index in [2.05, 4.69) is 9.97 Å². The third-order valence-electron chi connectivity index (χ3n) is 4.46. The molecule has 1 aromatic heterocycles. The van der Waals surface area contributed by atoms with Crippen LogP contribution in [0.25, 0.3) is 10.9 Å². The van der Waals surface area contributed by atoms with Crippen LogP contribution in [-0.2, 0) is 16.0 Å². The van der Waals surface area contributed by atoms with E-state index in [9.17, 15) is 19.2 Å². The van der Waals surface area contributed by atoms with Crippen molar-refractivity contribution in [3.8, 4) is 0 Å². The van der Waals surface area contributed by atoms with Crippen LogP contribution in [0.5, 0.6) is 0 Å². The Balaban J connectivity index is 1.36. The lowest BCUT2D eigenvalue weighted by atomic mass is 10.1. The summed E-state index contributed by atoms with van der Waals surface area (Å²) in [5.74, 6) is -1.23. The van der Waals surface area contributed by atoms with Crippen LogP contribution in [-0.4, -0.2) is 39.4 Å². The smallest absolute Gasteiger partial charge is 0.307 e. The van der Waals surface area contributed by atoms with E-state index in [0.717, 1.165) is 4.90 Å². The molecule has 2 aromatic carbocycles. The lowest BCUT2D eigenvalue weighted by Crippen LogP contribution is -2.33. The molecule has 0 saturated heterocycles. The predicted octanol–water partition coefficient (Wildman–Crippen LogP) is 1.65. The number of carbonyl (C=O) groups is 3. The Bertz CT molecular complexity index is 1130. The average molecular weight is 377 g/mol. The summed E-state index contributed by atoms with van der Waals surface area (Å²) >= 11 is 0. The van der Waals surface area contributed by atoms with Crippen molar-refractivity contribution in [3.63, 3.8) is 0 Å². The number of hydrogen-bond acceptors (Lipinski definition) is 6. The van der Waals surface area contributed by atoms with Crippen molar-refractivity contribution in [2.75, 3.05) is 6.73 Å². The number of fused-ring (bicyclic) bond motifs is 2. The molecule has 1 aliphatic rings. The predicted molar refractivity (Wildman–Crippen MR) is 98.6 cm³/mol. The summed E-state index contributed by atoms with van der Waals surface area (Å²) in [6.45, 7) is -0.452. The quantitative estimate of drug-likeness (QED) is 0.535. The number of esters is 1. The second-order valence-electron chi connectivity index (χ2n) is 6.26. The maximum Gasteiger partial charge on any atom is 0.307 e. The molecule has 1 N–H and O–H groups in total. The lowest BCUT2D eigenvalue weighted by Gasteiger charge is -2.13. The maximum atomic E-state index is 12.2. The summed E-state index contributed by atoms with van der Waals surface area (Å²) < 4.78 is 5.06. The van der Waals surface area contributed by atoms with Gasteiger partial charge in [-0.3, -0.25) is 19.2 Å². The standard InChI is InChI=1S/C20H15N3O5/c24-17(10-9-16-21-15-8-4-3-7-14(15)18(25)22-16)28-11-23-19(26)12-5-1-2-6-13(12)20(23)27/h1-8H,9-11H2,(H,21,22,25). The van der Waals surface area contributed by atoms with Crippen molar-refractivity contribution < 1.29 is 19.1 Å². The number of nitrogens with zero attached hydrogens (tertiary/aromatic N) is 2. The SMILES string of the molecule is O=C(CCc1nc2ccccc2c(=O)[nH]1)OCN1C(=O)c2ccccc2C1=O. The molecule has 8 nitrogen and oxygen atoms in total. The molecule has 140 valence electrons. The summed E-state index contributed by atoms with van der Waals surface area (Å²) in [5.41, 5.74) is 0.851. The van der Waals surface area contributed by atoms with Gasteiger partial charge >= 0.3 is 5.97 Å². The summed E-state index contributed by atoms with van der Waals surface area (Å²) in [5, 5.41) is 0.472. The first-order chi connectivity index (χ1) is 13.5. The van der Waals surface area contributed by atoms with Gasteiger partial charge < -0.3 is 9.72 Å². The van der Waals surface area contributed by atoms with E-state index in [1.165, 1.54) is 0 Å². The maximum absolute atomic E-state index is 12.2. The van der Waals surface area contributed by atoms with Crippen LogP contribution < -0.4 is 5.56 Å². The highest BCUT2D eigenvalue weighted by Gasteiger charge is 2.35. The molecule has 0 saturated carbocycles. The van der Waals surface area contributed by atoms with E-state index in [1.54, 1.807) is 48.5 Å². The number of ether oxygens (including phenoxy) is 1. The van der Waals surface area contributed by atoms with Crippen molar-refractivity contribution in [3.05, 3.63) is 75.8 Å². The zero-order valence-corrected chi connectivity index (χ0v) is 14.7. The molecule has 0 atom stereocenters. The number of nitrogens with one attached hydrogen (secondary N) is 1. The third-order valence-corrected chi connectivity index (χ3v) is 4.46. The minimum Gasteiger partial charge on any atom is -0.444 e. The van der Waals surface area contributed by atoms with Crippen LogP contribution in [0.4, 0.5) is 0 Å². The molecule has 0 radical (unpaired) electrons. The fourth-order valence-electron chi connectivity index (χ4n) is 3.04. The largest absolute Gasteiger partial charge is 0.444 e. The Morgan fingerprint density at radius 2 is 1.61 bits per heavy atom. The normalized spacial score (nSPS) is 13.1. The Hall–Kier alpha value is -3.81. The zero-order valence-electron chi connectivity index (χ0n) is 14.7. The van der Waals surface area contributed by atoms with Gasteiger partial charge in [0.1, 0.15) is 5.82 Å². The Morgan fingerprint density at radius 1 is 0.964 bits per heavy atom. The van der Waals surface area contributed by atoms with E-state index in [1.807, 2.05) is 0 Å². The number of aromatic amines is 1. The number of hydrogen-bond donors (Lipinski definition) is 1.